The molecule has 0 saturated carbocycles. The topological polar surface area (TPSA) is 390 Å². The number of fused-ring (bicyclic) bond motifs is 5. The van der Waals surface area contributed by atoms with E-state index in [1.807, 2.05) is 0 Å². The van der Waals surface area contributed by atoms with Crippen LogP contribution >= 0.6 is 0 Å². The van der Waals surface area contributed by atoms with Gasteiger partial charge in [-0.15, -0.1) is 0 Å². The zero-order chi connectivity index (χ0) is 70.6. The molecule has 1 fully saturated rings. The van der Waals surface area contributed by atoms with Crippen LogP contribution in [0.2, 0.25) is 0 Å². The van der Waals surface area contributed by atoms with E-state index in [1.54, 1.807) is 57.2 Å². The number of amides is 7. The average molecular weight is 1370 g/mol. The number of nitrogens with zero attached hydrogens (tertiary/aromatic N) is 3. The number of halogens is 1. The van der Waals surface area contributed by atoms with E-state index in [4.69, 9.17) is 28.7 Å². The largest absolute Gasteiger partial charge is 0.481 e. The van der Waals surface area contributed by atoms with Gasteiger partial charge in [-0.1, -0.05) is 44.2 Å². The summed E-state index contributed by atoms with van der Waals surface area (Å²) in [4.78, 5) is 173. The second-order valence-electron chi connectivity index (χ2n) is 24.8. The maximum Gasteiger partial charge on any atom is 0.343 e. The van der Waals surface area contributed by atoms with Gasteiger partial charge in [-0.25, -0.2) is 14.2 Å². The number of carbonyl (C=O) groups excluding carboxylic acids is 11. The van der Waals surface area contributed by atoms with Crippen molar-refractivity contribution in [3.8, 4) is 11.4 Å². The number of rotatable bonds is 41. The molecular formula is C69H85FN8O20. The predicted octanol–water partition coefficient (Wildman–Crippen LogP) is 2.48. The highest BCUT2D eigenvalue weighted by Gasteiger charge is 2.46. The minimum absolute atomic E-state index is 0.00567. The summed E-state index contributed by atoms with van der Waals surface area (Å²) >= 11 is 0. The van der Waals surface area contributed by atoms with Crippen LogP contribution in [0.25, 0.3) is 22.3 Å². The molecule has 0 spiro atoms. The van der Waals surface area contributed by atoms with Gasteiger partial charge in [0.15, 0.2) is 17.2 Å². The maximum atomic E-state index is 15.5. The molecule has 1 saturated heterocycles. The molecule has 29 heteroatoms. The lowest BCUT2D eigenvalue weighted by Gasteiger charge is -2.31. The number of hydrogen-bond donors (Lipinski definition) is 7. The molecule has 0 radical (unpaired) electrons. The van der Waals surface area contributed by atoms with Crippen LogP contribution in [-0.4, -0.2) is 180 Å². The molecule has 3 aliphatic heterocycles. The zero-order valence-electron chi connectivity index (χ0n) is 55.3. The van der Waals surface area contributed by atoms with Crippen LogP contribution in [0.1, 0.15) is 142 Å². The smallest absolute Gasteiger partial charge is 0.343 e. The van der Waals surface area contributed by atoms with Crippen LogP contribution in [0, 0.1) is 24.6 Å². The van der Waals surface area contributed by atoms with Crippen molar-refractivity contribution in [1.82, 2.24) is 41.0 Å². The number of likely N-dealkylation sites (tertiary alicyclic amines) is 1. The second-order valence-corrected chi connectivity index (χ2v) is 24.8. The molecule has 28 nitrogen and oxygen atoms in total. The summed E-state index contributed by atoms with van der Waals surface area (Å²) in [7, 11) is 0. The average Bonchev–Trinajstić information content (AvgIpc) is 1.49. The van der Waals surface area contributed by atoms with Gasteiger partial charge < -0.3 is 65.0 Å². The second kappa shape index (κ2) is 35.5. The van der Waals surface area contributed by atoms with E-state index < -0.39 is 101 Å². The van der Waals surface area contributed by atoms with E-state index in [2.05, 4.69) is 26.6 Å². The summed E-state index contributed by atoms with van der Waals surface area (Å²) < 4.78 is 43.9. The summed E-state index contributed by atoms with van der Waals surface area (Å²) in [5.74, 6) is -8.98. The van der Waals surface area contributed by atoms with Crippen molar-refractivity contribution in [1.29, 1.82) is 0 Å². The highest BCUT2D eigenvalue weighted by Crippen LogP contribution is 2.46. The first-order valence-corrected chi connectivity index (χ1v) is 33.2. The van der Waals surface area contributed by atoms with Gasteiger partial charge in [0, 0.05) is 106 Å². The third kappa shape index (κ3) is 19.6. The van der Waals surface area contributed by atoms with Crippen LogP contribution in [-0.2, 0) is 113 Å². The summed E-state index contributed by atoms with van der Waals surface area (Å²) in [5.41, 5.74) is 2.01. The number of imide groups is 1. The summed E-state index contributed by atoms with van der Waals surface area (Å²) in [6.07, 6.45) is -1.24. The Balaban J connectivity index is 0.700. The van der Waals surface area contributed by atoms with Gasteiger partial charge in [0.1, 0.15) is 18.2 Å². The monoisotopic (exact) mass is 1360 g/mol. The number of aryl methyl sites for hydroxylation is 1. The van der Waals surface area contributed by atoms with Gasteiger partial charge in [0.2, 0.25) is 41.4 Å². The number of benzene rings is 2. The van der Waals surface area contributed by atoms with Crippen LogP contribution in [0.3, 0.4) is 0 Å². The number of carboxylic acid groups (broad SMARTS) is 1. The number of Topliss-reactive ketones (excluding diaryl/α,β-unsaturated/α-hetero) is 3. The third-order valence-corrected chi connectivity index (χ3v) is 17.8. The highest BCUT2D eigenvalue weighted by molar-refractivity contribution is 6.03. The molecule has 7 N–H and O–H groups in total. The Labute approximate surface area is 564 Å². The molecular weight excluding hydrogens is 1280 g/mol. The summed E-state index contributed by atoms with van der Waals surface area (Å²) in [6.45, 7) is 6.12. The molecule has 528 valence electrons. The quantitative estimate of drug-likeness (QED) is 0.0168. The first-order valence-electron chi connectivity index (χ1n) is 33.2. The van der Waals surface area contributed by atoms with E-state index in [1.165, 1.54) is 10.6 Å². The van der Waals surface area contributed by atoms with Crippen molar-refractivity contribution in [2.45, 2.75) is 148 Å². The number of esters is 1. The lowest BCUT2D eigenvalue weighted by Crippen LogP contribution is -2.44. The van der Waals surface area contributed by atoms with Gasteiger partial charge in [0.05, 0.1) is 113 Å². The molecule has 1 unspecified atom stereocenters. The van der Waals surface area contributed by atoms with E-state index in [-0.39, 0.29) is 197 Å². The van der Waals surface area contributed by atoms with E-state index in [0.717, 1.165) is 10.5 Å². The molecule has 1 aliphatic carbocycles. The SMILES string of the molecule is CC[C@@]1(O)C(=O)OCc2c1cc1n(c2=O)Cc2c-1nc1cc(F)c(C)c3c1c2[C@@H](NC(=O)CCCNC(=O)CCC(=O)[C@H](Cc1ccccc1)NC(=O)CCC(=O)CNC(=O)[C@H](CC(=O)O)CC(=O)CCOCCOCCOCCOCCNC(=O)CCN1C(=O)CC(C)C1=O)CC3. The fourth-order valence-electron chi connectivity index (χ4n) is 12.4. The van der Waals surface area contributed by atoms with Crippen molar-refractivity contribution in [2.75, 3.05) is 79.0 Å². The molecule has 98 heavy (non-hydrogen) atoms. The van der Waals surface area contributed by atoms with E-state index in [9.17, 15) is 72.5 Å². The van der Waals surface area contributed by atoms with Crippen LogP contribution < -0.4 is 32.1 Å². The molecule has 4 aliphatic rings. The maximum absolute atomic E-state index is 15.5. The highest BCUT2D eigenvalue weighted by atomic mass is 19.1. The summed E-state index contributed by atoms with van der Waals surface area (Å²) in [5, 5.41) is 35.1. The van der Waals surface area contributed by atoms with E-state index >= 15 is 4.39 Å². The Morgan fingerprint density at radius 2 is 1.43 bits per heavy atom. The number of pyridine rings is 2. The van der Waals surface area contributed by atoms with Gasteiger partial charge in [-0.05, 0) is 67.3 Å². The molecule has 4 aromatic rings. The number of cyclic esters (lactones) is 1. The summed E-state index contributed by atoms with van der Waals surface area (Å²) in [6, 6.07) is 10.1. The van der Waals surface area contributed by atoms with Crippen molar-refractivity contribution < 1.29 is 95.8 Å². The molecule has 8 rings (SSSR count). The lowest BCUT2D eigenvalue weighted by molar-refractivity contribution is -0.172. The van der Waals surface area contributed by atoms with Gasteiger partial charge in [-0.2, -0.15) is 0 Å². The lowest BCUT2D eigenvalue weighted by atomic mass is 9.81. The molecule has 5 heterocycles. The Morgan fingerprint density at radius 3 is 2.11 bits per heavy atom. The molecule has 2 aromatic heterocycles. The minimum atomic E-state index is -2.06. The Bertz CT molecular complexity index is 3750. The minimum Gasteiger partial charge on any atom is -0.481 e. The number of nitrogens with one attached hydrogen (secondary N) is 5. The van der Waals surface area contributed by atoms with E-state index in [0.29, 0.717) is 57.4 Å². The van der Waals surface area contributed by atoms with Crippen LogP contribution in [0.15, 0.2) is 47.3 Å². The number of aliphatic carboxylic acids is 1. The standard InChI is InChI=1S/C69H85FN8O20/c1-4-69(93)49-35-54-64-47(38-78(54)67(91)48(49)39-98-68(69)92)63-51(14-13-46-41(3)50(70)36-53(76-64)62(46)63)74-58(84)11-8-20-71-56(82)17-15-55(81)52(32-42-9-6-5-7-10-42)75-59(85)16-12-45(80)37-73-65(89)43(34-61(87)88)33-44(79)19-23-94-25-27-96-29-30-97-28-26-95-24-21-72-57(83)18-22-77-60(86)31-40(2)66(77)90/h5-7,9-10,35-36,40,43,51-52,93H,4,8,11-34,37-39H2,1-3H3,(H,71,82)(H,72,83)(H,73,89)(H,74,84)(H,75,85)(H,87,88)/t40?,43-,51-,52-,69-/m0/s1. The van der Waals surface area contributed by atoms with Crippen molar-refractivity contribution >= 4 is 81.5 Å². The number of carbonyl (C=O) groups is 12. The molecule has 7 amide bonds. The van der Waals surface area contributed by atoms with Crippen molar-refractivity contribution in [3.05, 3.63) is 97.6 Å². The number of ketones is 3. The number of ether oxygens (including phenoxy) is 5. The molecule has 0 bridgehead atoms. The zero-order valence-corrected chi connectivity index (χ0v) is 55.3. The molecule has 2 aromatic carbocycles. The van der Waals surface area contributed by atoms with Crippen LogP contribution in [0.5, 0.6) is 0 Å². The van der Waals surface area contributed by atoms with Gasteiger partial charge >= 0.3 is 11.9 Å². The first kappa shape index (κ1) is 74.8. The Morgan fingerprint density at radius 1 is 0.755 bits per heavy atom. The fraction of sp³-hybridized carbons (Fsp3) is 0.536. The van der Waals surface area contributed by atoms with Gasteiger partial charge in [-0.3, -0.25) is 62.4 Å². The number of aromatic nitrogens is 2. The van der Waals surface area contributed by atoms with Gasteiger partial charge in [0.25, 0.3) is 5.56 Å². The molecule has 5 atom stereocenters. The first-order chi connectivity index (χ1) is 47.0. The van der Waals surface area contributed by atoms with Crippen molar-refractivity contribution in [3.63, 3.8) is 0 Å². The Kier molecular flexibility index (Phi) is 27.1. The number of aliphatic hydroxyl groups is 1. The van der Waals surface area contributed by atoms with Crippen LogP contribution in [0.4, 0.5) is 4.39 Å². The number of hydrogen-bond acceptors (Lipinski definition) is 20. The predicted molar refractivity (Wildman–Crippen MR) is 346 cm³/mol. The fourth-order valence-corrected chi connectivity index (χ4v) is 12.4. The normalized spacial score (nSPS) is 17.3. The third-order valence-electron chi connectivity index (χ3n) is 17.8. The van der Waals surface area contributed by atoms with Crippen molar-refractivity contribution in [2.24, 2.45) is 11.8 Å². The Hall–Kier alpha value is -9.03. The number of carboxylic acids is 1.